The predicted octanol–water partition coefficient (Wildman–Crippen LogP) is 0.816. The van der Waals surface area contributed by atoms with Crippen LogP contribution in [0.4, 0.5) is 0 Å². The van der Waals surface area contributed by atoms with Crippen LogP contribution in [0.1, 0.15) is 0 Å². The van der Waals surface area contributed by atoms with Crippen LogP contribution in [0.15, 0.2) is 30.3 Å². The van der Waals surface area contributed by atoms with Gasteiger partial charge in [0, 0.05) is 7.11 Å². The molecule has 0 aromatic heterocycles. The molecule has 0 amide bonds. The maximum Gasteiger partial charge on any atom is 0.115 e. The molecule has 3 heteroatoms. The number of carbonyl (C=O) groups is 1. The van der Waals surface area contributed by atoms with Crippen LogP contribution in [0, 0.1) is 0 Å². The zero-order valence-electron chi connectivity index (χ0n) is 6.40. The van der Waals surface area contributed by atoms with Gasteiger partial charge in [0.25, 0.3) is 0 Å². The van der Waals surface area contributed by atoms with Crippen LogP contribution in [0.5, 0.6) is 5.75 Å². The van der Waals surface area contributed by atoms with Gasteiger partial charge in [0.2, 0.25) is 0 Å². The maximum atomic E-state index is 8.63. The zero-order chi connectivity index (χ0) is 9.11. The van der Waals surface area contributed by atoms with Crippen molar-refractivity contribution in [3.8, 4) is 5.75 Å². The molecule has 0 atom stereocenters. The molecule has 11 heavy (non-hydrogen) atoms. The minimum Gasteiger partial charge on any atom is -0.508 e. The number of phenolic OH excluding ortho intramolecular Hbond substituents is 1. The van der Waals surface area contributed by atoms with Crippen molar-refractivity contribution >= 4 is 6.79 Å². The monoisotopic (exact) mass is 156 g/mol. The van der Waals surface area contributed by atoms with E-state index in [4.69, 9.17) is 15.0 Å². The fourth-order valence-corrected chi connectivity index (χ4v) is 0.428. The van der Waals surface area contributed by atoms with Gasteiger partial charge in [-0.15, -0.1) is 0 Å². The Labute approximate surface area is 65.9 Å². The smallest absolute Gasteiger partial charge is 0.115 e. The van der Waals surface area contributed by atoms with E-state index < -0.39 is 0 Å². The molecule has 1 aromatic carbocycles. The molecule has 1 aromatic rings. The number of hydrogen-bond donors (Lipinski definition) is 2. The molecule has 0 heterocycles. The largest absolute Gasteiger partial charge is 0.508 e. The van der Waals surface area contributed by atoms with E-state index in [2.05, 4.69) is 0 Å². The molecule has 0 aliphatic heterocycles. The molecule has 0 unspecified atom stereocenters. The van der Waals surface area contributed by atoms with Crippen molar-refractivity contribution in [3.05, 3.63) is 30.3 Å². The van der Waals surface area contributed by atoms with Gasteiger partial charge in [-0.1, -0.05) is 18.2 Å². The van der Waals surface area contributed by atoms with Crippen LogP contribution in [0.25, 0.3) is 0 Å². The van der Waals surface area contributed by atoms with E-state index >= 15 is 0 Å². The van der Waals surface area contributed by atoms with Gasteiger partial charge in [0.15, 0.2) is 0 Å². The SMILES string of the molecule is C=O.CO.Oc1ccccc1. The van der Waals surface area contributed by atoms with Gasteiger partial charge in [-0.3, -0.25) is 0 Å². The predicted molar refractivity (Wildman–Crippen MR) is 43.4 cm³/mol. The third kappa shape index (κ3) is 8.65. The maximum absolute atomic E-state index is 8.63. The summed E-state index contributed by atoms with van der Waals surface area (Å²) in [6, 6.07) is 8.71. The van der Waals surface area contributed by atoms with E-state index in [1.165, 1.54) is 0 Å². The number of para-hydroxylation sites is 1. The van der Waals surface area contributed by atoms with Crippen molar-refractivity contribution in [2.75, 3.05) is 7.11 Å². The Balaban J connectivity index is 0. The molecule has 62 valence electrons. The van der Waals surface area contributed by atoms with Gasteiger partial charge in [0.05, 0.1) is 0 Å². The summed E-state index contributed by atoms with van der Waals surface area (Å²) in [5.41, 5.74) is 0. The first-order valence-electron chi connectivity index (χ1n) is 2.87. The molecular weight excluding hydrogens is 144 g/mol. The summed E-state index contributed by atoms with van der Waals surface area (Å²) >= 11 is 0. The Bertz CT molecular complexity index is 151. The molecule has 3 nitrogen and oxygen atoms in total. The average Bonchev–Trinajstić information content (AvgIpc) is 2.13. The lowest BCUT2D eigenvalue weighted by Crippen LogP contribution is -1.56. The summed E-state index contributed by atoms with van der Waals surface area (Å²) in [5.74, 6) is 0.322. The quantitative estimate of drug-likeness (QED) is 0.584. The van der Waals surface area contributed by atoms with Crippen molar-refractivity contribution in [1.29, 1.82) is 0 Å². The highest BCUT2D eigenvalue weighted by Crippen LogP contribution is 2.02. The first kappa shape index (κ1) is 12.3. The summed E-state index contributed by atoms with van der Waals surface area (Å²) in [6.07, 6.45) is 0. The third-order valence-electron chi connectivity index (χ3n) is 0.756. The third-order valence-corrected chi connectivity index (χ3v) is 0.756. The van der Waals surface area contributed by atoms with Crippen LogP contribution in [0.3, 0.4) is 0 Å². The second-order valence-electron chi connectivity index (χ2n) is 1.34. The van der Waals surface area contributed by atoms with E-state index in [-0.39, 0.29) is 0 Å². The van der Waals surface area contributed by atoms with Crippen LogP contribution in [-0.2, 0) is 4.79 Å². The van der Waals surface area contributed by atoms with Gasteiger partial charge < -0.3 is 15.0 Å². The minimum atomic E-state index is 0.322. The summed E-state index contributed by atoms with van der Waals surface area (Å²) in [6.45, 7) is 2.00. The highest BCUT2D eigenvalue weighted by molar-refractivity contribution is 5.18. The Hall–Kier alpha value is -1.35. The molecule has 0 saturated heterocycles. The number of aliphatic hydroxyl groups is 1. The van der Waals surface area contributed by atoms with Crippen LogP contribution in [0.2, 0.25) is 0 Å². The highest BCUT2D eigenvalue weighted by Gasteiger charge is 1.74. The second-order valence-corrected chi connectivity index (χ2v) is 1.34. The fourth-order valence-electron chi connectivity index (χ4n) is 0.428. The molecule has 0 aliphatic rings. The number of benzene rings is 1. The summed E-state index contributed by atoms with van der Waals surface area (Å²) in [7, 11) is 1.00. The Kier molecular flexibility index (Phi) is 12.8. The summed E-state index contributed by atoms with van der Waals surface area (Å²) in [5, 5.41) is 15.6. The molecule has 0 aliphatic carbocycles. The van der Waals surface area contributed by atoms with Gasteiger partial charge in [-0.2, -0.15) is 0 Å². The van der Waals surface area contributed by atoms with E-state index in [0.717, 1.165) is 7.11 Å². The molecule has 0 radical (unpaired) electrons. The normalized spacial score (nSPS) is 6.36. The van der Waals surface area contributed by atoms with Crippen molar-refractivity contribution < 1.29 is 15.0 Å². The van der Waals surface area contributed by atoms with Crippen molar-refractivity contribution in [1.82, 2.24) is 0 Å². The number of phenols is 1. The molecule has 1 rings (SSSR count). The number of aromatic hydroxyl groups is 1. The van der Waals surface area contributed by atoms with E-state index in [0.29, 0.717) is 5.75 Å². The lowest BCUT2D eigenvalue weighted by atomic mass is 10.3. The van der Waals surface area contributed by atoms with E-state index in [1.54, 1.807) is 24.3 Å². The number of hydrogen-bond acceptors (Lipinski definition) is 3. The van der Waals surface area contributed by atoms with Crippen molar-refractivity contribution in [2.45, 2.75) is 0 Å². The van der Waals surface area contributed by atoms with Gasteiger partial charge in [-0.25, -0.2) is 0 Å². The molecule has 0 saturated carbocycles. The molecule has 0 bridgehead atoms. The number of aliphatic hydroxyl groups excluding tert-OH is 1. The zero-order valence-corrected chi connectivity index (χ0v) is 6.40. The van der Waals surface area contributed by atoms with Gasteiger partial charge in [0.1, 0.15) is 12.5 Å². The topological polar surface area (TPSA) is 57.5 Å². The Morgan fingerprint density at radius 2 is 1.45 bits per heavy atom. The molecular formula is C8H12O3. The molecule has 2 N–H and O–H groups in total. The van der Waals surface area contributed by atoms with Crippen LogP contribution < -0.4 is 0 Å². The lowest BCUT2D eigenvalue weighted by molar-refractivity contribution is -0.0979. The van der Waals surface area contributed by atoms with Crippen LogP contribution in [-0.4, -0.2) is 24.1 Å². The summed E-state index contributed by atoms with van der Waals surface area (Å²) < 4.78 is 0. The van der Waals surface area contributed by atoms with Crippen LogP contribution >= 0.6 is 0 Å². The summed E-state index contributed by atoms with van der Waals surface area (Å²) in [4.78, 5) is 8.00. The lowest BCUT2D eigenvalue weighted by Gasteiger charge is -1.82. The number of rotatable bonds is 0. The van der Waals surface area contributed by atoms with Gasteiger partial charge in [-0.05, 0) is 12.1 Å². The Morgan fingerprint density at radius 3 is 1.64 bits per heavy atom. The number of carbonyl (C=O) groups excluding carboxylic acids is 1. The first-order valence-corrected chi connectivity index (χ1v) is 2.87. The van der Waals surface area contributed by atoms with E-state index in [9.17, 15) is 0 Å². The Morgan fingerprint density at radius 1 is 1.09 bits per heavy atom. The van der Waals surface area contributed by atoms with E-state index in [1.807, 2.05) is 12.9 Å². The minimum absolute atomic E-state index is 0.322. The second kappa shape index (κ2) is 11.4. The average molecular weight is 156 g/mol. The fraction of sp³-hybridized carbons (Fsp3) is 0.125. The molecule has 0 fully saturated rings. The van der Waals surface area contributed by atoms with Crippen molar-refractivity contribution in [3.63, 3.8) is 0 Å². The van der Waals surface area contributed by atoms with Gasteiger partial charge >= 0.3 is 0 Å². The van der Waals surface area contributed by atoms with Crippen molar-refractivity contribution in [2.24, 2.45) is 0 Å². The highest BCUT2D eigenvalue weighted by atomic mass is 16.3. The molecule has 0 spiro atoms. The first-order chi connectivity index (χ1) is 5.39. The standard InChI is InChI=1S/C6H6O.CH4O.CH2O/c7-6-4-2-1-3-5-6;2*1-2/h1-5,7H;2H,1H3;1H2.